The number of aliphatic imine (C=N–C) groups is 1. The van der Waals surface area contributed by atoms with Gasteiger partial charge in [-0.25, -0.2) is 0 Å². The van der Waals surface area contributed by atoms with Crippen molar-refractivity contribution < 1.29 is 14.2 Å². The lowest BCUT2D eigenvalue weighted by molar-refractivity contribution is -0.00522. The molecule has 1 fully saturated rings. The van der Waals surface area contributed by atoms with Crippen molar-refractivity contribution in [2.75, 3.05) is 61.2 Å². The van der Waals surface area contributed by atoms with Gasteiger partial charge in [-0.15, -0.1) is 24.0 Å². The maximum atomic E-state index is 5.69. The summed E-state index contributed by atoms with van der Waals surface area (Å²) in [6, 6.07) is 6.12. The number of fused-ring (bicyclic) bond motifs is 1. The molecular weight excluding hydrogens is 471 g/mol. The molecule has 0 bridgehead atoms. The number of nitrogens with one attached hydrogen (secondary N) is 1. The molecule has 1 aromatic rings. The number of halogens is 1. The van der Waals surface area contributed by atoms with E-state index in [0.29, 0.717) is 13.2 Å². The van der Waals surface area contributed by atoms with Gasteiger partial charge < -0.3 is 29.3 Å². The molecule has 0 atom stereocenters. The second kappa shape index (κ2) is 10.5. The van der Waals surface area contributed by atoms with Gasteiger partial charge in [-0.1, -0.05) is 6.07 Å². The van der Waals surface area contributed by atoms with Gasteiger partial charge in [-0.3, -0.25) is 4.99 Å². The summed E-state index contributed by atoms with van der Waals surface area (Å²) in [6.45, 7) is 4.43. The van der Waals surface area contributed by atoms with Gasteiger partial charge in [0.25, 0.3) is 0 Å². The summed E-state index contributed by atoms with van der Waals surface area (Å²) >= 11 is 0. The zero-order valence-electron chi connectivity index (χ0n) is 17.4. The third kappa shape index (κ3) is 5.42. The number of rotatable bonds is 5. The van der Waals surface area contributed by atoms with Crippen LogP contribution in [0.4, 0.5) is 0 Å². The highest BCUT2D eigenvalue weighted by Gasteiger charge is 2.35. The zero-order chi connectivity index (χ0) is 19.3. The summed E-state index contributed by atoms with van der Waals surface area (Å²) in [6.07, 6.45) is 2.05. The molecular formula is C20H33IN4O3. The number of guanidine groups is 1. The van der Waals surface area contributed by atoms with E-state index in [1.54, 1.807) is 0 Å². The van der Waals surface area contributed by atoms with Crippen molar-refractivity contribution in [1.29, 1.82) is 0 Å². The van der Waals surface area contributed by atoms with E-state index >= 15 is 0 Å². The number of likely N-dealkylation sites (N-methyl/N-ethyl adjacent to an activating group) is 1. The Labute approximate surface area is 185 Å². The quantitative estimate of drug-likeness (QED) is 0.377. The lowest BCUT2D eigenvalue weighted by Crippen LogP contribution is -2.57. The standard InChI is InChI=1S/C20H32N4O3.HI/c1-21-19(22-15-20(23(2)3)7-9-25-10-8-20)24(4)14-16-5-6-17-18(13-16)27-12-11-26-17;/h5-6,13H,7-12,14-15H2,1-4H3,(H,21,22);1H. The number of hydrogen-bond acceptors (Lipinski definition) is 5. The molecule has 3 rings (SSSR count). The molecule has 0 aliphatic carbocycles. The number of nitrogens with zero attached hydrogens (tertiary/aromatic N) is 3. The molecule has 0 unspecified atom stereocenters. The first-order chi connectivity index (χ1) is 13.0. The first-order valence-electron chi connectivity index (χ1n) is 9.59. The minimum absolute atomic E-state index is 0. The average molecular weight is 504 g/mol. The minimum Gasteiger partial charge on any atom is -0.486 e. The van der Waals surface area contributed by atoms with E-state index in [0.717, 1.165) is 62.2 Å². The largest absolute Gasteiger partial charge is 0.486 e. The second-order valence-electron chi connectivity index (χ2n) is 7.47. The Morgan fingerprint density at radius 1 is 1.07 bits per heavy atom. The lowest BCUT2D eigenvalue weighted by Gasteiger charge is -2.43. The van der Waals surface area contributed by atoms with Gasteiger partial charge in [-0.2, -0.15) is 0 Å². The summed E-state index contributed by atoms with van der Waals surface area (Å²) < 4.78 is 16.9. The van der Waals surface area contributed by atoms with Crippen LogP contribution in [0.25, 0.3) is 0 Å². The van der Waals surface area contributed by atoms with Crippen LogP contribution in [-0.2, 0) is 11.3 Å². The molecule has 28 heavy (non-hydrogen) atoms. The van der Waals surface area contributed by atoms with Crippen molar-refractivity contribution in [3.63, 3.8) is 0 Å². The Morgan fingerprint density at radius 3 is 2.39 bits per heavy atom. The van der Waals surface area contributed by atoms with Gasteiger partial charge in [0.1, 0.15) is 13.2 Å². The van der Waals surface area contributed by atoms with Gasteiger partial charge in [-0.05, 0) is 44.6 Å². The molecule has 158 valence electrons. The normalized spacial score (nSPS) is 18.4. The van der Waals surface area contributed by atoms with E-state index in [1.165, 1.54) is 0 Å². The van der Waals surface area contributed by atoms with Gasteiger partial charge in [0.15, 0.2) is 17.5 Å². The minimum atomic E-state index is 0. The molecule has 7 nitrogen and oxygen atoms in total. The molecule has 0 saturated carbocycles. The first-order valence-corrected chi connectivity index (χ1v) is 9.59. The Hall–Kier alpha value is -1.26. The average Bonchev–Trinajstić information content (AvgIpc) is 2.69. The van der Waals surface area contributed by atoms with E-state index in [1.807, 2.05) is 13.1 Å². The molecule has 2 heterocycles. The SMILES string of the molecule is CN=C(NCC1(N(C)C)CCOCC1)N(C)Cc1ccc2c(c1)OCCO2.I. The van der Waals surface area contributed by atoms with Crippen molar-refractivity contribution in [3.8, 4) is 11.5 Å². The summed E-state index contributed by atoms with van der Waals surface area (Å²) in [5, 5.41) is 3.57. The molecule has 8 heteroatoms. The second-order valence-corrected chi connectivity index (χ2v) is 7.47. The van der Waals surface area contributed by atoms with Crippen molar-refractivity contribution in [1.82, 2.24) is 15.1 Å². The fourth-order valence-corrected chi connectivity index (χ4v) is 3.70. The van der Waals surface area contributed by atoms with Gasteiger partial charge >= 0.3 is 0 Å². The van der Waals surface area contributed by atoms with Crippen molar-refractivity contribution in [2.45, 2.75) is 24.9 Å². The van der Waals surface area contributed by atoms with Crippen LogP contribution in [0.15, 0.2) is 23.2 Å². The van der Waals surface area contributed by atoms with Crippen molar-refractivity contribution >= 4 is 29.9 Å². The maximum Gasteiger partial charge on any atom is 0.193 e. The maximum absolute atomic E-state index is 5.69. The molecule has 0 radical (unpaired) electrons. The summed E-state index contributed by atoms with van der Waals surface area (Å²) in [7, 11) is 8.18. The molecule has 0 spiro atoms. The highest BCUT2D eigenvalue weighted by molar-refractivity contribution is 14.0. The van der Waals surface area contributed by atoms with E-state index in [-0.39, 0.29) is 29.5 Å². The predicted molar refractivity (Wildman–Crippen MR) is 122 cm³/mol. The van der Waals surface area contributed by atoms with Crippen LogP contribution < -0.4 is 14.8 Å². The topological polar surface area (TPSA) is 58.6 Å². The summed E-state index contributed by atoms with van der Waals surface area (Å²) in [5.74, 6) is 2.53. The third-order valence-corrected chi connectivity index (χ3v) is 5.55. The Kier molecular flexibility index (Phi) is 8.63. The van der Waals surface area contributed by atoms with E-state index < -0.39 is 0 Å². The van der Waals surface area contributed by atoms with Crippen LogP contribution in [0.3, 0.4) is 0 Å². The van der Waals surface area contributed by atoms with E-state index in [2.05, 4.69) is 53.4 Å². The molecule has 0 aromatic heterocycles. The molecule has 0 amide bonds. The number of hydrogen-bond donors (Lipinski definition) is 1. The zero-order valence-corrected chi connectivity index (χ0v) is 19.7. The molecule has 1 N–H and O–H groups in total. The summed E-state index contributed by atoms with van der Waals surface area (Å²) in [5.41, 5.74) is 1.27. The fourth-order valence-electron chi connectivity index (χ4n) is 3.70. The van der Waals surface area contributed by atoms with Crippen molar-refractivity contribution in [3.05, 3.63) is 23.8 Å². The van der Waals surface area contributed by atoms with Gasteiger partial charge in [0.05, 0.1) is 0 Å². The van der Waals surface area contributed by atoms with Gasteiger partial charge in [0, 0.05) is 45.9 Å². The number of ether oxygens (including phenoxy) is 3. The Balaban J connectivity index is 0.00000280. The molecule has 1 aromatic carbocycles. The van der Waals surface area contributed by atoms with Gasteiger partial charge in [0.2, 0.25) is 0 Å². The van der Waals surface area contributed by atoms with Crippen LogP contribution in [0, 0.1) is 0 Å². The van der Waals surface area contributed by atoms with Crippen LogP contribution in [0.1, 0.15) is 18.4 Å². The van der Waals surface area contributed by atoms with Crippen LogP contribution in [0.5, 0.6) is 11.5 Å². The highest BCUT2D eigenvalue weighted by Crippen LogP contribution is 2.31. The summed E-state index contributed by atoms with van der Waals surface area (Å²) in [4.78, 5) is 8.92. The smallest absolute Gasteiger partial charge is 0.193 e. The van der Waals surface area contributed by atoms with E-state index in [9.17, 15) is 0 Å². The molecule has 2 aliphatic heterocycles. The highest BCUT2D eigenvalue weighted by atomic mass is 127. The monoisotopic (exact) mass is 504 g/mol. The fraction of sp³-hybridized carbons (Fsp3) is 0.650. The lowest BCUT2D eigenvalue weighted by atomic mass is 9.88. The Bertz CT molecular complexity index is 663. The molecule has 1 saturated heterocycles. The van der Waals surface area contributed by atoms with Crippen LogP contribution >= 0.6 is 24.0 Å². The van der Waals surface area contributed by atoms with Crippen LogP contribution in [-0.4, -0.2) is 82.5 Å². The third-order valence-electron chi connectivity index (χ3n) is 5.55. The van der Waals surface area contributed by atoms with Crippen molar-refractivity contribution in [2.24, 2.45) is 4.99 Å². The predicted octanol–water partition coefficient (Wildman–Crippen LogP) is 2.19. The Morgan fingerprint density at radius 2 is 1.75 bits per heavy atom. The first kappa shape index (κ1) is 23.0. The van der Waals surface area contributed by atoms with E-state index in [4.69, 9.17) is 14.2 Å². The number of benzene rings is 1. The van der Waals surface area contributed by atoms with Crippen LogP contribution in [0.2, 0.25) is 0 Å². The molecule has 2 aliphatic rings.